The van der Waals surface area contributed by atoms with Gasteiger partial charge in [-0.05, 0) is 19.3 Å². The second kappa shape index (κ2) is 6.08. The Morgan fingerprint density at radius 2 is 2.24 bits per heavy atom. The van der Waals surface area contributed by atoms with Crippen LogP contribution in [0.2, 0.25) is 0 Å². The maximum absolute atomic E-state index is 11.6. The van der Waals surface area contributed by atoms with E-state index in [9.17, 15) is 9.59 Å². The highest BCUT2D eigenvalue weighted by Crippen LogP contribution is 2.23. The number of rotatable bonds is 5. The van der Waals surface area contributed by atoms with Crippen LogP contribution in [0.15, 0.2) is 24.8 Å². The third-order valence-corrected chi connectivity index (χ3v) is 2.72. The molecule has 1 atom stereocenters. The second-order valence-corrected chi connectivity index (χ2v) is 3.97. The van der Waals surface area contributed by atoms with Gasteiger partial charge in [-0.3, -0.25) is 0 Å². The summed E-state index contributed by atoms with van der Waals surface area (Å²) in [5, 5.41) is 8.76. The van der Waals surface area contributed by atoms with Gasteiger partial charge in [-0.25, -0.2) is 9.59 Å². The quantitative estimate of drug-likeness (QED) is 0.587. The van der Waals surface area contributed by atoms with Crippen molar-refractivity contribution >= 4 is 12.1 Å². The van der Waals surface area contributed by atoms with E-state index < -0.39 is 12.1 Å². The van der Waals surface area contributed by atoms with E-state index in [0.29, 0.717) is 13.0 Å². The van der Waals surface area contributed by atoms with Gasteiger partial charge in [-0.1, -0.05) is 19.2 Å². The van der Waals surface area contributed by atoms with Gasteiger partial charge in [0.2, 0.25) is 0 Å². The summed E-state index contributed by atoms with van der Waals surface area (Å²) in [5.41, 5.74) is 0.124. The molecule has 1 rings (SSSR count). The van der Waals surface area contributed by atoms with Gasteiger partial charge in [0.05, 0.1) is 0 Å². The Kier molecular flexibility index (Phi) is 4.75. The number of likely N-dealkylation sites (tertiary alicyclic amines) is 1. The maximum atomic E-state index is 11.6. The van der Waals surface area contributed by atoms with Gasteiger partial charge < -0.3 is 14.7 Å². The number of aliphatic carboxylic acids is 1. The molecule has 94 valence electrons. The molecule has 0 unspecified atom stereocenters. The summed E-state index contributed by atoms with van der Waals surface area (Å²) in [6.07, 6.45) is 3.03. The number of carboxylic acid groups (broad SMARTS) is 1. The number of carbonyl (C=O) groups is 2. The lowest BCUT2D eigenvalue weighted by molar-refractivity contribution is -0.132. The molecule has 0 spiro atoms. The van der Waals surface area contributed by atoms with E-state index in [1.807, 2.05) is 0 Å². The highest BCUT2D eigenvalue weighted by molar-refractivity contribution is 5.86. The molecule has 1 heterocycles. The standard InChI is InChI=1S/C12H17NO4/c1-3-7-17-12(16)13-6-4-5-10(13)8-9(2)11(14)15/h3,10H,1-2,4-8H2,(H,14,15)/t10-/m0/s1. The monoisotopic (exact) mass is 239 g/mol. The van der Waals surface area contributed by atoms with E-state index >= 15 is 0 Å². The van der Waals surface area contributed by atoms with E-state index in [1.54, 1.807) is 4.90 Å². The van der Waals surface area contributed by atoms with Crippen LogP contribution in [-0.4, -0.2) is 41.3 Å². The number of hydrogen-bond acceptors (Lipinski definition) is 3. The molecular weight excluding hydrogens is 222 g/mol. The van der Waals surface area contributed by atoms with E-state index in [1.165, 1.54) is 6.08 Å². The molecule has 0 aromatic rings. The lowest BCUT2D eigenvalue weighted by atomic mass is 10.1. The number of carboxylic acids is 1. The zero-order chi connectivity index (χ0) is 12.8. The fourth-order valence-electron chi connectivity index (χ4n) is 1.87. The first-order valence-electron chi connectivity index (χ1n) is 5.51. The highest BCUT2D eigenvalue weighted by atomic mass is 16.6. The molecule has 1 N–H and O–H groups in total. The van der Waals surface area contributed by atoms with Crippen molar-refractivity contribution in [3.63, 3.8) is 0 Å². The van der Waals surface area contributed by atoms with E-state index in [-0.39, 0.29) is 18.2 Å². The molecule has 0 aromatic carbocycles. The molecular formula is C12H17NO4. The number of ether oxygens (including phenoxy) is 1. The first-order valence-corrected chi connectivity index (χ1v) is 5.51. The first kappa shape index (κ1) is 13.3. The molecule has 0 bridgehead atoms. The van der Waals surface area contributed by atoms with Crippen molar-refractivity contribution in [2.45, 2.75) is 25.3 Å². The van der Waals surface area contributed by atoms with Crippen molar-refractivity contribution in [2.24, 2.45) is 0 Å². The molecule has 0 radical (unpaired) electrons. The van der Waals surface area contributed by atoms with Crippen molar-refractivity contribution < 1.29 is 19.4 Å². The first-order chi connectivity index (χ1) is 8.06. The normalized spacial score (nSPS) is 18.8. The van der Waals surface area contributed by atoms with E-state index in [0.717, 1.165) is 12.8 Å². The topological polar surface area (TPSA) is 66.8 Å². The molecule has 1 aliphatic heterocycles. The van der Waals surface area contributed by atoms with Crippen LogP contribution < -0.4 is 0 Å². The fraction of sp³-hybridized carbons (Fsp3) is 0.500. The van der Waals surface area contributed by atoms with Gasteiger partial charge >= 0.3 is 12.1 Å². The average molecular weight is 239 g/mol. The second-order valence-electron chi connectivity index (χ2n) is 3.97. The zero-order valence-electron chi connectivity index (χ0n) is 9.72. The molecule has 1 fully saturated rings. The summed E-state index contributed by atoms with van der Waals surface area (Å²) >= 11 is 0. The predicted molar refractivity (Wildman–Crippen MR) is 62.7 cm³/mol. The molecule has 1 saturated heterocycles. The molecule has 0 aromatic heterocycles. The Balaban J connectivity index is 2.54. The summed E-state index contributed by atoms with van der Waals surface area (Å²) < 4.78 is 4.94. The van der Waals surface area contributed by atoms with Gasteiger partial charge in [0.25, 0.3) is 0 Å². The van der Waals surface area contributed by atoms with Crippen molar-refractivity contribution in [1.82, 2.24) is 4.90 Å². The van der Waals surface area contributed by atoms with Crippen molar-refractivity contribution in [3.8, 4) is 0 Å². The van der Waals surface area contributed by atoms with Crippen LogP contribution in [0.3, 0.4) is 0 Å². The van der Waals surface area contributed by atoms with Crippen LogP contribution in [0.4, 0.5) is 4.79 Å². The van der Waals surface area contributed by atoms with E-state index in [4.69, 9.17) is 9.84 Å². The summed E-state index contributed by atoms with van der Waals surface area (Å²) in [6, 6.07) is -0.115. The average Bonchev–Trinajstić information content (AvgIpc) is 2.73. The smallest absolute Gasteiger partial charge is 0.410 e. The van der Waals surface area contributed by atoms with Crippen LogP contribution in [0.5, 0.6) is 0 Å². The number of amides is 1. The molecule has 17 heavy (non-hydrogen) atoms. The van der Waals surface area contributed by atoms with Crippen LogP contribution in [0.25, 0.3) is 0 Å². The van der Waals surface area contributed by atoms with E-state index in [2.05, 4.69) is 13.2 Å². The van der Waals surface area contributed by atoms with Crippen LogP contribution >= 0.6 is 0 Å². The van der Waals surface area contributed by atoms with Gasteiger partial charge in [0.1, 0.15) is 6.61 Å². The van der Waals surface area contributed by atoms with Crippen molar-refractivity contribution in [2.75, 3.05) is 13.2 Å². The Bertz CT molecular complexity index is 337. The van der Waals surface area contributed by atoms with Gasteiger partial charge in [0, 0.05) is 18.2 Å². The number of nitrogens with zero attached hydrogens (tertiary/aromatic N) is 1. The summed E-state index contributed by atoms with van der Waals surface area (Å²) in [6.45, 7) is 7.71. The Hall–Kier alpha value is -1.78. The lowest BCUT2D eigenvalue weighted by Gasteiger charge is -2.23. The van der Waals surface area contributed by atoms with Crippen molar-refractivity contribution in [1.29, 1.82) is 0 Å². The van der Waals surface area contributed by atoms with Gasteiger partial charge in [-0.2, -0.15) is 0 Å². The van der Waals surface area contributed by atoms with Gasteiger partial charge in [0.15, 0.2) is 0 Å². The Labute approximate surface area is 100 Å². The lowest BCUT2D eigenvalue weighted by Crippen LogP contribution is -2.36. The zero-order valence-corrected chi connectivity index (χ0v) is 9.72. The minimum atomic E-state index is -1.02. The molecule has 0 aliphatic carbocycles. The SMILES string of the molecule is C=CCOC(=O)N1CCC[C@H]1CC(=C)C(=O)O. The third-order valence-electron chi connectivity index (χ3n) is 2.72. The minimum absolute atomic E-state index is 0.115. The number of hydrogen-bond donors (Lipinski definition) is 1. The largest absolute Gasteiger partial charge is 0.478 e. The summed E-state index contributed by atoms with van der Waals surface area (Å²) in [4.78, 5) is 23.9. The minimum Gasteiger partial charge on any atom is -0.478 e. The number of carbonyl (C=O) groups excluding carboxylic acids is 1. The highest BCUT2D eigenvalue weighted by Gasteiger charge is 2.30. The summed E-state index contributed by atoms with van der Waals surface area (Å²) in [7, 11) is 0. The molecule has 5 nitrogen and oxygen atoms in total. The third kappa shape index (κ3) is 3.62. The van der Waals surface area contributed by atoms with Crippen molar-refractivity contribution in [3.05, 3.63) is 24.8 Å². The summed E-state index contributed by atoms with van der Waals surface area (Å²) in [5.74, 6) is -1.02. The fourth-order valence-corrected chi connectivity index (χ4v) is 1.87. The molecule has 1 amide bonds. The maximum Gasteiger partial charge on any atom is 0.410 e. The van der Waals surface area contributed by atoms with Gasteiger partial charge in [-0.15, -0.1) is 0 Å². The predicted octanol–water partition coefficient (Wildman–Crippen LogP) is 1.80. The Morgan fingerprint density at radius 1 is 1.53 bits per heavy atom. The molecule has 5 heteroatoms. The molecule has 1 aliphatic rings. The van der Waals surface area contributed by atoms with Crippen LogP contribution in [0.1, 0.15) is 19.3 Å². The van der Waals surface area contributed by atoms with Crippen LogP contribution in [-0.2, 0) is 9.53 Å². The van der Waals surface area contributed by atoms with Crippen LogP contribution in [0, 0.1) is 0 Å². The molecule has 0 saturated carbocycles. The Morgan fingerprint density at radius 3 is 2.82 bits per heavy atom.